The van der Waals surface area contributed by atoms with Crippen molar-refractivity contribution in [3.8, 4) is 0 Å². The molecule has 1 aliphatic heterocycles. The summed E-state index contributed by atoms with van der Waals surface area (Å²) in [6.07, 6.45) is -3.14. The maximum absolute atomic E-state index is 12.1. The predicted octanol–water partition coefficient (Wildman–Crippen LogP) is -0.472. The highest BCUT2D eigenvalue weighted by Gasteiger charge is 2.43. The van der Waals surface area contributed by atoms with Crippen molar-refractivity contribution in [1.82, 2.24) is 9.55 Å². The van der Waals surface area contributed by atoms with Gasteiger partial charge in [-0.2, -0.15) is 4.98 Å². The molecule has 2 aromatic heterocycles. The Morgan fingerprint density at radius 1 is 1.35 bits per heavy atom. The molecule has 2 aromatic rings. The number of ether oxygens (including phenoxy) is 1. The molecule has 0 spiro atoms. The molecular weight excluding hydrogens is 322 g/mol. The summed E-state index contributed by atoms with van der Waals surface area (Å²) in [6, 6.07) is 5.50. The Bertz CT molecular complexity index is 705. The molecule has 1 saturated heterocycles. The van der Waals surface area contributed by atoms with Crippen LogP contribution in [0.5, 0.6) is 0 Å². The van der Waals surface area contributed by atoms with Gasteiger partial charge in [-0.25, -0.2) is 4.79 Å². The summed E-state index contributed by atoms with van der Waals surface area (Å²) in [4.78, 5) is 17.1. The third kappa shape index (κ3) is 3.28. The number of nitrogens with one attached hydrogen (secondary N) is 1. The van der Waals surface area contributed by atoms with Crippen molar-refractivity contribution < 1.29 is 20.1 Å². The van der Waals surface area contributed by atoms with Gasteiger partial charge in [0.15, 0.2) is 6.23 Å². The maximum Gasteiger partial charge on any atom is 0.351 e. The Morgan fingerprint density at radius 3 is 2.78 bits per heavy atom. The van der Waals surface area contributed by atoms with Crippen LogP contribution in [-0.4, -0.2) is 49.8 Å². The minimum absolute atomic E-state index is 0.409. The van der Waals surface area contributed by atoms with E-state index in [1.54, 1.807) is 17.4 Å². The zero-order valence-electron chi connectivity index (χ0n) is 12.1. The summed E-state index contributed by atoms with van der Waals surface area (Å²) in [5, 5.41) is 33.8. The summed E-state index contributed by atoms with van der Waals surface area (Å²) < 4.78 is 6.41. The molecule has 0 aliphatic carbocycles. The Balaban J connectivity index is 1.73. The summed E-state index contributed by atoms with van der Waals surface area (Å²) in [5.74, 6) is 0.409. The van der Waals surface area contributed by atoms with E-state index in [1.165, 1.54) is 6.20 Å². The van der Waals surface area contributed by atoms with E-state index in [1.807, 2.05) is 17.5 Å². The van der Waals surface area contributed by atoms with Gasteiger partial charge in [0, 0.05) is 11.1 Å². The number of aliphatic hydroxyl groups excluding tert-OH is 3. The maximum atomic E-state index is 12.1. The molecule has 3 heterocycles. The topological polar surface area (TPSA) is 117 Å². The number of hydrogen-bond donors (Lipinski definition) is 4. The van der Waals surface area contributed by atoms with Crippen LogP contribution in [0, 0.1) is 0 Å². The van der Waals surface area contributed by atoms with E-state index in [9.17, 15) is 15.0 Å². The quantitative estimate of drug-likeness (QED) is 0.582. The molecule has 0 radical (unpaired) electrons. The fourth-order valence-electron chi connectivity index (χ4n) is 2.41. The van der Waals surface area contributed by atoms with Gasteiger partial charge in [0.2, 0.25) is 0 Å². The minimum Gasteiger partial charge on any atom is -0.394 e. The monoisotopic (exact) mass is 339 g/mol. The molecule has 8 nitrogen and oxygen atoms in total. The van der Waals surface area contributed by atoms with Gasteiger partial charge in [-0.15, -0.1) is 11.3 Å². The first kappa shape index (κ1) is 16.1. The van der Waals surface area contributed by atoms with Crippen LogP contribution in [0.1, 0.15) is 11.1 Å². The Hall–Kier alpha value is -1.78. The zero-order chi connectivity index (χ0) is 16.4. The molecule has 1 aliphatic rings. The van der Waals surface area contributed by atoms with Crippen molar-refractivity contribution in [3.05, 3.63) is 45.1 Å². The number of rotatable bonds is 5. The van der Waals surface area contributed by atoms with Crippen molar-refractivity contribution in [2.24, 2.45) is 0 Å². The fraction of sp³-hybridized carbons (Fsp3) is 0.429. The van der Waals surface area contributed by atoms with Crippen LogP contribution in [-0.2, 0) is 11.3 Å². The van der Waals surface area contributed by atoms with Crippen LogP contribution in [0.2, 0.25) is 0 Å². The highest BCUT2D eigenvalue weighted by atomic mass is 32.1. The van der Waals surface area contributed by atoms with E-state index in [-0.39, 0.29) is 0 Å². The molecule has 4 unspecified atom stereocenters. The molecule has 4 N–H and O–H groups in total. The van der Waals surface area contributed by atoms with Crippen molar-refractivity contribution in [2.45, 2.75) is 31.1 Å². The summed E-state index contributed by atoms with van der Waals surface area (Å²) in [7, 11) is 0. The second-order valence-electron chi connectivity index (χ2n) is 5.16. The normalized spacial score (nSPS) is 27.3. The molecule has 9 heteroatoms. The van der Waals surface area contributed by atoms with Gasteiger partial charge in [-0.1, -0.05) is 6.07 Å². The lowest BCUT2D eigenvalue weighted by Gasteiger charge is -2.17. The molecule has 23 heavy (non-hydrogen) atoms. The first-order valence-electron chi connectivity index (χ1n) is 7.08. The highest BCUT2D eigenvalue weighted by Crippen LogP contribution is 2.28. The zero-order valence-corrected chi connectivity index (χ0v) is 12.9. The lowest BCUT2D eigenvalue weighted by Crippen LogP contribution is -2.36. The first-order valence-corrected chi connectivity index (χ1v) is 7.96. The number of aliphatic hydroxyl groups is 3. The minimum atomic E-state index is -1.31. The van der Waals surface area contributed by atoms with E-state index in [4.69, 9.17) is 9.84 Å². The largest absolute Gasteiger partial charge is 0.394 e. The van der Waals surface area contributed by atoms with Gasteiger partial charge < -0.3 is 25.4 Å². The lowest BCUT2D eigenvalue weighted by atomic mass is 10.1. The standard InChI is InChI=1S/C14H17N3O5S/c18-7-9-11(19)12(20)13(22-9)17-4-3-10(16-14(17)21)15-6-8-2-1-5-23-8/h1-5,9,11-13,18-20H,6-7H2,(H,15,16,21). The van der Waals surface area contributed by atoms with E-state index in [0.29, 0.717) is 12.4 Å². The summed E-state index contributed by atoms with van der Waals surface area (Å²) >= 11 is 1.60. The molecule has 1 fully saturated rings. The van der Waals surface area contributed by atoms with Gasteiger partial charge >= 0.3 is 5.69 Å². The van der Waals surface area contributed by atoms with Crippen LogP contribution in [0.15, 0.2) is 34.6 Å². The third-order valence-corrected chi connectivity index (χ3v) is 4.52. The fourth-order valence-corrected chi connectivity index (χ4v) is 3.05. The van der Waals surface area contributed by atoms with Crippen LogP contribution >= 0.6 is 11.3 Å². The van der Waals surface area contributed by atoms with Crippen LogP contribution in [0.3, 0.4) is 0 Å². The Morgan fingerprint density at radius 2 is 2.17 bits per heavy atom. The first-order chi connectivity index (χ1) is 11.1. The van der Waals surface area contributed by atoms with Crippen LogP contribution < -0.4 is 11.0 Å². The smallest absolute Gasteiger partial charge is 0.351 e. The van der Waals surface area contributed by atoms with Crippen LogP contribution in [0.25, 0.3) is 0 Å². The summed E-state index contributed by atoms with van der Waals surface area (Å²) in [6.45, 7) is 0.110. The van der Waals surface area contributed by atoms with Crippen LogP contribution in [0.4, 0.5) is 5.82 Å². The molecule has 4 atom stereocenters. The summed E-state index contributed by atoms with van der Waals surface area (Å²) in [5.41, 5.74) is -0.615. The SMILES string of the molecule is O=c1nc(NCc2cccs2)ccn1C1OC(CO)C(O)C1O. The third-order valence-electron chi connectivity index (χ3n) is 3.65. The van der Waals surface area contributed by atoms with Gasteiger partial charge in [0.25, 0.3) is 0 Å². The van der Waals surface area contributed by atoms with E-state index >= 15 is 0 Å². The van der Waals surface area contributed by atoms with Gasteiger partial charge in [-0.3, -0.25) is 4.57 Å². The van der Waals surface area contributed by atoms with Gasteiger partial charge in [0.1, 0.15) is 24.1 Å². The second-order valence-corrected chi connectivity index (χ2v) is 6.20. The molecule has 124 valence electrons. The Labute approximate surface area is 135 Å². The number of thiophene rings is 1. The second kappa shape index (κ2) is 6.77. The molecule has 0 bridgehead atoms. The molecule has 3 rings (SSSR count). The van der Waals surface area contributed by atoms with Crippen molar-refractivity contribution >= 4 is 17.2 Å². The molecule has 0 aromatic carbocycles. The van der Waals surface area contributed by atoms with Crippen molar-refractivity contribution in [2.75, 3.05) is 11.9 Å². The number of aromatic nitrogens is 2. The van der Waals surface area contributed by atoms with E-state index in [0.717, 1.165) is 9.44 Å². The van der Waals surface area contributed by atoms with E-state index < -0.39 is 36.8 Å². The molecule has 0 saturated carbocycles. The van der Waals surface area contributed by atoms with Gasteiger partial charge in [-0.05, 0) is 17.5 Å². The predicted molar refractivity (Wildman–Crippen MR) is 83.2 cm³/mol. The van der Waals surface area contributed by atoms with Crippen molar-refractivity contribution in [1.29, 1.82) is 0 Å². The molecule has 0 amide bonds. The van der Waals surface area contributed by atoms with E-state index in [2.05, 4.69) is 10.3 Å². The molecular formula is C14H17N3O5S. The number of nitrogens with zero attached hydrogens (tertiary/aromatic N) is 2. The van der Waals surface area contributed by atoms with Gasteiger partial charge in [0.05, 0.1) is 13.2 Å². The Kier molecular flexibility index (Phi) is 4.74. The average molecular weight is 339 g/mol. The number of hydrogen-bond acceptors (Lipinski definition) is 8. The lowest BCUT2D eigenvalue weighted by molar-refractivity contribution is -0.0549. The average Bonchev–Trinajstić information content (AvgIpc) is 3.16. The number of anilines is 1. The van der Waals surface area contributed by atoms with Crippen molar-refractivity contribution in [3.63, 3.8) is 0 Å². The highest BCUT2D eigenvalue weighted by molar-refractivity contribution is 7.09.